The van der Waals surface area contributed by atoms with Crippen molar-refractivity contribution in [2.24, 2.45) is 11.8 Å². The molecule has 1 amide bonds. The van der Waals surface area contributed by atoms with Gasteiger partial charge in [-0.2, -0.15) is 0 Å². The van der Waals surface area contributed by atoms with Crippen LogP contribution < -0.4 is 5.32 Å². The van der Waals surface area contributed by atoms with Gasteiger partial charge in [0.15, 0.2) is 0 Å². The first kappa shape index (κ1) is 18.2. The Bertz CT molecular complexity index is 379. The Kier molecular flexibility index (Phi) is 6.96. The zero-order valence-corrected chi connectivity index (χ0v) is 15.5. The average Bonchev–Trinajstić information content (AvgIpc) is 2.63. The summed E-state index contributed by atoms with van der Waals surface area (Å²) >= 11 is 0. The van der Waals surface area contributed by atoms with Gasteiger partial charge in [-0.05, 0) is 82.7 Å². The molecule has 24 heavy (non-hydrogen) atoms. The molecule has 0 bridgehead atoms. The Balaban J connectivity index is 1.31. The molecule has 1 aliphatic carbocycles. The number of hydrogen-bond acceptors (Lipinski definition) is 3. The minimum absolute atomic E-state index is 0.374. The smallest absolute Gasteiger partial charge is 0.222 e. The first-order valence-corrected chi connectivity index (χ1v) is 10.3. The zero-order valence-electron chi connectivity index (χ0n) is 15.5. The number of nitrogens with zero attached hydrogens (tertiary/aromatic N) is 1. The standard InChI is InChI=1S/C20H36N2O2/c1-16-2-5-18(6-3-16)24-19-10-14-22(15-11-19)20(23)7-4-17-8-12-21-13-9-17/h16-19,21H,2-15H2,1H3. The van der Waals surface area contributed by atoms with E-state index in [1.165, 1.54) is 38.5 Å². The summed E-state index contributed by atoms with van der Waals surface area (Å²) < 4.78 is 6.32. The maximum Gasteiger partial charge on any atom is 0.222 e. The lowest BCUT2D eigenvalue weighted by Crippen LogP contribution is -2.42. The van der Waals surface area contributed by atoms with Crippen LogP contribution in [0.2, 0.25) is 0 Å². The van der Waals surface area contributed by atoms with Crippen LogP contribution in [0, 0.1) is 11.8 Å². The van der Waals surface area contributed by atoms with Crippen LogP contribution in [0.3, 0.4) is 0 Å². The Hall–Kier alpha value is -0.610. The summed E-state index contributed by atoms with van der Waals surface area (Å²) in [4.78, 5) is 14.5. The highest BCUT2D eigenvalue weighted by molar-refractivity contribution is 5.76. The van der Waals surface area contributed by atoms with Crippen molar-refractivity contribution in [1.82, 2.24) is 10.2 Å². The number of piperidine rings is 2. The Morgan fingerprint density at radius 2 is 1.58 bits per heavy atom. The zero-order chi connectivity index (χ0) is 16.8. The van der Waals surface area contributed by atoms with Gasteiger partial charge in [0, 0.05) is 19.5 Å². The number of carbonyl (C=O) groups is 1. The molecule has 3 aliphatic rings. The fraction of sp³-hybridized carbons (Fsp3) is 0.950. The molecule has 4 nitrogen and oxygen atoms in total. The van der Waals surface area contributed by atoms with Gasteiger partial charge >= 0.3 is 0 Å². The normalized spacial score (nSPS) is 30.5. The van der Waals surface area contributed by atoms with Crippen molar-refractivity contribution >= 4 is 5.91 Å². The number of carbonyl (C=O) groups excluding carboxylic acids is 1. The number of likely N-dealkylation sites (tertiary alicyclic amines) is 1. The number of nitrogens with one attached hydrogen (secondary N) is 1. The van der Waals surface area contributed by atoms with Gasteiger partial charge in [-0.3, -0.25) is 4.79 Å². The molecular weight excluding hydrogens is 300 g/mol. The summed E-state index contributed by atoms with van der Waals surface area (Å²) in [6, 6.07) is 0. The van der Waals surface area contributed by atoms with Crippen molar-refractivity contribution in [2.45, 2.75) is 83.3 Å². The van der Waals surface area contributed by atoms with Crippen LogP contribution in [0.1, 0.15) is 71.1 Å². The second-order valence-corrected chi connectivity index (χ2v) is 8.33. The predicted octanol–water partition coefficient (Wildman–Crippen LogP) is 3.35. The number of hydrogen-bond donors (Lipinski definition) is 1. The minimum Gasteiger partial charge on any atom is -0.375 e. The fourth-order valence-electron chi connectivity index (χ4n) is 4.54. The number of ether oxygens (including phenoxy) is 1. The third kappa shape index (κ3) is 5.45. The third-order valence-corrected chi connectivity index (χ3v) is 6.37. The van der Waals surface area contributed by atoms with Crippen molar-refractivity contribution in [3.63, 3.8) is 0 Å². The Labute approximate surface area is 147 Å². The van der Waals surface area contributed by atoms with Crippen LogP contribution in [-0.4, -0.2) is 49.2 Å². The van der Waals surface area contributed by atoms with Crippen molar-refractivity contribution in [1.29, 1.82) is 0 Å². The van der Waals surface area contributed by atoms with Gasteiger partial charge in [-0.1, -0.05) is 6.92 Å². The molecule has 1 N–H and O–H groups in total. The molecule has 0 unspecified atom stereocenters. The Morgan fingerprint density at radius 1 is 0.958 bits per heavy atom. The maximum absolute atomic E-state index is 12.4. The molecule has 0 atom stereocenters. The molecule has 3 rings (SSSR count). The highest BCUT2D eigenvalue weighted by atomic mass is 16.5. The molecule has 0 aromatic carbocycles. The van der Waals surface area contributed by atoms with Crippen molar-refractivity contribution < 1.29 is 9.53 Å². The van der Waals surface area contributed by atoms with Gasteiger partial charge in [-0.25, -0.2) is 0 Å². The molecule has 3 fully saturated rings. The molecule has 0 spiro atoms. The second-order valence-electron chi connectivity index (χ2n) is 8.33. The van der Waals surface area contributed by atoms with Crippen molar-refractivity contribution in [3.05, 3.63) is 0 Å². The molecule has 138 valence electrons. The molecule has 0 aromatic rings. The van der Waals surface area contributed by atoms with Gasteiger partial charge in [0.25, 0.3) is 0 Å². The lowest BCUT2D eigenvalue weighted by molar-refractivity contribution is -0.135. The molecule has 1 saturated carbocycles. The summed E-state index contributed by atoms with van der Waals surface area (Å²) in [5, 5.41) is 3.40. The van der Waals surface area contributed by atoms with Crippen LogP contribution >= 0.6 is 0 Å². The van der Waals surface area contributed by atoms with E-state index >= 15 is 0 Å². The predicted molar refractivity (Wildman–Crippen MR) is 96.9 cm³/mol. The van der Waals surface area contributed by atoms with E-state index in [4.69, 9.17) is 4.74 Å². The maximum atomic E-state index is 12.4. The monoisotopic (exact) mass is 336 g/mol. The summed E-state index contributed by atoms with van der Waals surface area (Å²) in [6.45, 7) is 6.41. The summed E-state index contributed by atoms with van der Waals surface area (Å²) in [5.74, 6) is 2.01. The molecular formula is C20H36N2O2. The third-order valence-electron chi connectivity index (χ3n) is 6.37. The number of rotatable bonds is 5. The highest BCUT2D eigenvalue weighted by Gasteiger charge is 2.27. The number of amides is 1. The van der Waals surface area contributed by atoms with Crippen LogP contribution in [-0.2, 0) is 9.53 Å². The minimum atomic E-state index is 0.374. The first-order chi connectivity index (χ1) is 11.7. The van der Waals surface area contributed by atoms with E-state index in [1.54, 1.807) is 0 Å². The molecule has 0 aromatic heterocycles. The van der Waals surface area contributed by atoms with Crippen molar-refractivity contribution in [2.75, 3.05) is 26.2 Å². The SMILES string of the molecule is CC1CCC(OC2CCN(C(=O)CCC3CCNCC3)CC2)CC1. The van der Waals surface area contributed by atoms with Gasteiger partial charge in [0.05, 0.1) is 12.2 Å². The lowest BCUT2D eigenvalue weighted by Gasteiger charge is -2.36. The second kappa shape index (κ2) is 9.19. The molecule has 0 radical (unpaired) electrons. The first-order valence-electron chi connectivity index (χ1n) is 10.3. The van der Waals surface area contributed by atoms with Crippen LogP contribution in [0.25, 0.3) is 0 Å². The van der Waals surface area contributed by atoms with E-state index < -0.39 is 0 Å². The summed E-state index contributed by atoms with van der Waals surface area (Å²) in [7, 11) is 0. The summed E-state index contributed by atoms with van der Waals surface area (Å²) in [6.07, 6.45) is 12.3. The van der Waals surface area contributed by atoms with Crippen LogP contribution in [0.4, 0.5) is 0 Å². The molecule has 2 aliphatic heterocycles. The topological polar surface area (TPSA) is 41.6 Å². The highest BCUT2D eigenvalue weighted by Crippen LogP contribution is 2.28. The largest absolute Gasteiger partial charge is 0.375 e. The van der Waals surface area contributed by atoms with Gasteiger partial charge < -0.3 is 15.0 Å². The Morgan fingerprint density at radius 3 is 2.25 bits per heavy atom. The molecule has 2 saturated heterocycles. The van der Waals surface area contributed by atoms with Crippen molar-refractivity contribution in [3.8, 4) is 0 Å². The summed E-state index contributed by atoms with van der Waals surface area (Å²) in [5.41, 5.74) is 0. The van der Waals surface area contributed by atoms with E-state index in [0.717, 1.165) is 63.7 Å². The van der Waals surface area contributed by atoms with E-state index in [-0.39, 0.29) is 0 Å². The molecule has 4 heteroatoms. The average molecular weight is 337 g/mol. The van der Waals surface area contributed by atoms with Crippen LogP contribution in [0.15, 0.2) is 0 Å². The van der Waals surface area contributed by atoms with E-state index in [0.29, 0.717) is 18.1 Å². The quantitative estimate of drug-likeness (QED) is 0.837. The van der Waals surface area contributed by atoms with Gasteiger partial charge in [0.1, 0.15) is 0 Å². The van der Waals surface area contributed by atoms with Gasteiger partial charge in [0.2, 0.25) is 5.91 Å². The fourth-order valence-corrected chi connectivity index (χ4v) is 4.54. The lowest BCUT2D eigenvalue weighted by atomic mass is 9.88. The van der Waals surface area contributed by atoms with Crippen LogP contribution in [0.5, 0.6) is 0 Å². The van der Waals surface area contributed by atoms with E-state index in [2.05, 4.69) is 17.1 Å². The van der Waals surface area contributed by atoms with Gasteiger partial charge in [-0.15, -0.1) is 0 Å². The molecule has 2 heterocycles. The van der Waals surface area contributed by atoms with E-state index in [9.17, 15) is 4.79 Å². The van der Waals surface area contributed by atoms with E-state index in [1.807, 2.05) is 0 Å².